The highest BCUT2D eigenvalue weighted by atomic mass is 16.5. The lowest BCUT2D eigenvalue weighted by Gasteiger charge is -2.19. The van der Waals surface area contributed by atoms with Crippen molar-refractivity contribution in [2.75, 3.05) is 25.0 Å². The van der Waals surface area contributed by atoms with E-state index in [9.17, 15) is 14.4 Å². The van der Waals surface area contributed by atoms with Gasteiger partial charge in [0.2, 0.25) is 11.8 Å². The van der Waals surface area contributed by atoms with Gasteiger partial charge in [0.15, 0.2) is 0 Å². The molecule has 1 aromatic rings. The molecule has 0 bridgehead atoms. The molecule has 0 heterocycles. The first-order chi connectivity index (χ1) is 13.8. The van der Waals surface area contributed by atoms with E-state index in [-0.39, 0.29) is 24.3 Å². The number of amides is 3. The quantitative estimate of drug-likeness (QED) is 0.350. The fourth-order valence-electron chi connectivity index (χ4n) is 2.50. The summed E-state index contributed by atoms with van der Waals surface area (Å²) in [6.07, 6.45) is 0.922. The van der Waals surface area contributed by atoms with Crippen molar-refractivity contribution in [3.05, 3.63) is 29.8 Å². The first-order valence-corrected chi connectivity index (χ1v) is 9.85. The highest BCUT2D eigenvalue weighted by molar-refractivity contribution is 5.97. The van der Waals surface area contributed by atoms with E-state index in [4.69, 9.17) is 16.2 Å². The van der Waals surface area contributed by atoms with Crippen LogP contribution in [-0.4, -0.2) is 43.6 Å². The molecule has 9 nitrogen and oxygen atoms in total. The Bertz CT molecular complexity index is 649. The van der Waals surface area contributed by atoms with Crippen molar-refractivity contribution in [1.29, 1.82) is 0 Å². The van der Waals surface area contributed by atoms with Crippen molar-refractivity contribution in [3.8, 4) is 0 Å². The van der Waals surface area contributed by atoms with Crippen LogP contribution in [0, 0.1) is 5.92 Å². The number of hydrogen-bond donors (Lipinski definition) is 5. The molecule has 0 aliphatic heterocycles. The molecule has 0 aliphatic rings. The SMILES string of the molecule is CC(C)CC(=O)NC(CCCN)C(=O)Nc1ccc(COC(=O)NCCN)cc1. The highest BCUT2D eigenvalue weighted by Gasteiger charge is 2.20. The Morgan fingerprint density at radius 3 is 2.34 bits per heavy atom. The minimum Gasteiger partial charge on any atom is -0.445 e. The number of hydrogen-bond acceptors (Lipinski definition) is 6. The van der Waals surface area contributed by atoms with Gasteiger partial charge in [-0.05, 0) is 43.0 Å². The minimum atomic E-state index is -0.640. The van der Waals surface area contributed by atoms with E-state index < -0.39 is 12.1 Å². The lowest BCUT2D eigenvalue weighted by molar-refractivity contribution is -0.127. The van der Waals surface area contributed by atoms with Crippen molar-refractivity contribution in [2.45, 2.75) is 45.8 Å². The Kier molecular flexibility index (Phi) is 11.4. The van der Waals surface area contributed by atoms with E-state index >= 15 is 0 Å². The molecule has 0 fully saturated rings. The summed E-state index contributed by atoms with van der Waals surface area (Å²) in [5, 5.41) is 8.10. The molecule has 162 valence electrons. The maximum Gasteiger partial charge on any atom is 0.407 e. The summed E-state index contributed by atoms with van der Waals surface area (Å²) in [5.41, 5.74) is 12.2. The third-order valence-electron chi connectivity index (χ3n) is 3.95. The van der Waals surface area contributed by atoms with Crippen molar-refractivity contribution in [2.24, 2.45) is 17.4 Å². The van der Waals surface area contributed by atoms with Gasteiger partial charge in [0.05, 0.1) is 0 Å². The number of alkyl carbamates (subject to hydrolysis) is 1. The van der Waals surface area contributed by atoms with Gasteiger partial charge in [-0.2, -0.15) is 0 Å². The van der Waals surface area contributed by atoms with E-state index in [2.05, 4.69) is 16.0 Å². The maximum atomic E-state index is 12.6. The fraction of sp³-hybridized carbons (Fsp3) is 0.550. The average Bonchev–Trinajstić information content (AvgIpc) is 2.68. The molecule has 1 unspecified atom stereocenters. The summed E-state index contributed by atoms with van der Waals surface area (Å²) < 4.78 is 5.06. The summed E-state index contributed by atoms with van der Waals surface area (Å²) in [6, 6.07) is 6.28. The van der Waals surface area contributed by atoms with Crippen LogP contribution in [0.2, 0.25) is 0 Å². The zero-order chi connectivity index (χ0) is 21.6. The summed E-state index contributed by atoms with van der Waals surface area (Å²) in [5.74, 6) is -0.237. The van der Waals surface area contributed by atoms with Crippen LogP contribution < -0.4 is 27.4 Å². The Balaban J connectivity index is 2.60. The number of carbonyl (C=O) groups excluding carboxylic acids is 3. The Hall–Kier alpha value is -2.65. The first-order valence-electron chi connectivity index (χ1n) is 9.85. The van der Waals surface area contributed by atoms with Gasteiger partial charge < -0.3 is 32.2 Å². The molecule has 9 heteroatoms. The van der Waals surface area contributed by atoms with Crippen LogP contribution in [0.3, 0.4) is 0 Å². The van der Waals surface area contributed by atoms with Gasteiger partial charge in [0.25, 0.3) is 0 Å². The summed E-state index contributed by atoms with van der Waals surface area (Å²) in [7, 11) is 0. The molecule has 0 radical (unpaired) electrons. The second-order valence-corrected chi connectivity index (χ2v) is 7.13. The molecule has 0 saturated heterocycles. The predicted octanol–water partition coefficient (Wildman–Crippen LogP) is 1.08. The van der Waals surface area contributed by atoms with Crippen LogP contribution in [-0.2, 0) is 20.9 Å². The van der Waals surface area contributed by atoms with Gasteiger partial charge >= 0.3 is 6.09 Å². The van der Waals surface area contributed by atoms with Crippen molar-refractivity contribution < 1.29 is 19.1 Å². The molecule has 0 spiro atoms. The molecule has 1 aromatic carbocycles. The first kappa shape index (κ1) is 24.4. The van der Waals surface area contributed by atoms with Gasteiger partial charge in [0.1, 0.15) is 12.6 Å². The third-order valence-corrected chi connectivity index (χ3v) is 3.95. The Morgan fingerprint density at radius 1 is 1.07 bits per heavy atom. The molecule has 1 rings (SSSR count). The molecular formula is C20H33N5O4. The monoisotopic (exact) mass is 407 g/mol. The standard InChI is InChI=1S/C20H33N5O4/c1-14(2)12-18(26)25-17(4-3-9-21)19(27)24-16-7-5-15(6-8-16)13-29-20(28)23-11-10-22/h5-8,14,17H,3-4,9-13,21-22H2,1-2H3,(H,23,28)(H,24,27)(H,25,26). The number of carbonyl (C=O) groups is 3. The van der Waals surface area contributed by atoms with E-state index in [1.807, 2.05) is 13.8 Å². The van der Waals surface area contributed by atoms with Crippen LogP contribution >= 0.6 is 0 Å². The lowest BCUT2D eigenvalue weighted by atomic mass is 10.1. The van der Waals surface area contributed by atoms with E-state index in [1.165, 1.54) is 0 Å². The second-order valence-electron chi connectivity index (χ2n) is 7.13. The predicted molar refractivity (Wildman–Crippen MR) is 112 cm³/mol. The number of benzene rings is 1. The summed E-state index contributed by atoms with van der Waals surface area (Å²) >= 11 is 0. The zero-order valence-electron chi connectivity index (χ0n) is 17.2. The number of nitrogens with two attached hydrogens (primary N) is 2. The molecule has 0 saturated carbocycles. The number of nitrogens with one attached hydrogen (secondary N) is 3. The van der Waals surface area contributed by atoms with Crippen LogP contribution in [0.25, 0.3) is 0 Å². The smallest absolute Gasteiger partial charge is 0.407 e. The largest absolute Gasteiger partial charge is 0.445 e. The normalized spacial score (nSPS) is 11.6. The lowest BCUT2D eigenvalue weighted by Crippen LogP contribution is -2.44. The van der Waals surface area contributed by atoms with Crippen LogP contribution in [0.1, 0.15) is 38.7 Å². The van der Waals surface area contributed by atoms with Gasteiger partial charge in [-0.1, -0.05) is 26.0 Å². The van der Waals surface area contributed by atoms with E-state index in [0.29, 0.717) is 44.6 Å². The molecule has 29 heavy (non-hydrogen) atoms. The summed E-state index contributed by atoms with van der Waals surface area (Å²) in [6.45, 7) is 5.13. The fourth-order valence-corrected chi connectivity index (χ4v) is 2.50. The maximum absolute atomic E-state index is 12.6. The topological polar surface area (TPSA) is 149 Å². The molecule has 0 aromatic heterocycles. The molecular weight excluding hydrogens is 374 g/mol. The Labute approximate surface area is 171 Å². The minimum absolute atomic E-state index is 0.106. The van der Waals surface area contributed by atoms with Crippen molar-refractivity contribution in [1.82, 2.24) is 10.6 Å². The number of anilines is 1. The van der Waals surface area contributed by atoms with Gasteiger partial charge in [0, 0.05) is 25.2 Å². The van der Waals surface area contributed by atoms with Gasteiger partial charge in [-0.25, -0.2) is 4.79 Å². The third kappa shape index (κ3) is 10.5. The molecule has 7 N–H and O–H groups in total. The Morgan fingerprint density at radius 2 is 1.76 bits per heavy atom. The van der Waals surface area contributed by atoms with E-state index in [0.717, 1.165) is 5.56 Å². The van der Waals surface area contributed by atoms with Gasteiger partial charge in [-0.15, -0.1) is 0 Å². The van der Waals surface area contributed by atoms with Crippen molar-refractivity contribution in [3.63, 3.8) is 0 Å². The second kappa shape index (κ2) is 13.5. The van der Waals surface area contributed by atoms with Crippen molar-refractivity contribution >= 4 is 23.6 Å². The zero-order valence-corrected chi connectivity index (χ0v) is 17.2. The van der Waals surface area contributed by atoms with Crippen LogP contribution in [0.15, 0.2) is 24.3 Å². The van der Waals surface area contributed by atoms with Crippen LogP contribution in [0.4, 0.5) is 10.5 Å². The average molecular weight is 408 g/mol. The molecule has 3 amide bonds. The number of rotatable bonds is 12. The highest BCUT2D eigenvalue weighted by Crippen LogP contribution is 2.12. The van der Waals surface area contributed by atoms with Crippen LogP contribution in [0.5, 0.6) is 0 Å². The van der Waals surface area contributed by atoms with Gasteiger partial charge in [-0.3, -0.25) is 9.59 Å². The molecule has 0 aliphatic carbocycles. The summed E-state index contributed by atoms with van der Waals surface area (Å²) in [4.78, 5) is 36.0. The van der Waals surface area contributed by atoms with E-state index in [1.54, 1.807) is 24.3 Å². The number of ether oxygens (including phenoxy) is 1. The molecule has 1 atom stereocenters.